The summed E-state index contributed by atoms with van der Waals surface area (Å²) in [6, 6.07) is 9.44. The predicted molar refractivity (Wildman–Crippen MR) is 107 cm³/mol. The first-order valence-electron chi connectivity index (χ1n) is 9.65. The van der Waals surface area contributed by atoms with Gasteiger partial charge in [0.1, 0.15) is 5.69 Å². The maximum atomic E-state index is 12.9. The molecule has 5 heteroatoms. The number of pyridine rings is 1. The number of rotatable bonds is 4. The molecule has 0 radical (unpaired) electrons. The quantitative estimate of drug-likeness (QED) is 0.876. The Balaban J connectivity index is 1.79. The van der Waals surface area contributed by atoms with Gasteiger partial charge in [-0.3, -0.25) is 14.6 Å². The number of carbonyl (C=O) groups is 2. The van der Waals surface area contributed by atoms with Crippen molar-refractivity contribution in [2.24, 2.45) is 0 Å². The van der Waals surface area contributed by atoms with Crippen LogP contribution in [0.1, 0.15) is 64.6 Å². The molecule has 27 heavy (non-hydrogen) atoms. The first-order chi connectivity index (χ1) is 13.0. The number of nitrogens with zero attached hydrogens (tertiary/aromatic N) is 2. The van der Waals surface area contributed by atoms with Gasteiger partial charge in [0.2, 0.25) is 0 Å². The number of amides is 2. The molecular weight excluding hydrogens is 338 g/mol. The van der Waals surface area contributed by atoms with Crippen LogP contribution in [0.25, 0.3) is 0 Å². The van der Waals surface area contributed by atoms with Gasteiger partial charge in [-0.15, -0.1) is 0 Å². The first-order valence-corrected chi connectivity index (χ1v) is 9.65. The van der Waals surface area contributed by atoms with Crippen LogP contribution in [-0.2, 0) is 0 Å². The zero-order chi connectivity index (χ0) is 19.4. The molecular formula is C22H27N3O2. The molecule has 3 rings (SSSR count). The molecule has 2 aromatic rings. The Morgan fingerprint density at radius 2 is 2.00 bits per heavy atom. The molecule has 2 amide bonds. The van der Waals surface area contributed by atoms with Crippen LogP contribution in [0.15, 0.2) is 36.5 Å². The lowest BCUT2D eigenvalue weighted by molar-refractivity contribution is 0.0602. The summed E-state index contributed by atoms with van der Waals surface area (Å²) in [6.07, 6.45) is 5.70. The summed E-state index contributed by atoms with van der Waals surface area (Å²) >= 11 is 0. The molecule has 0 saturated carbocycles. The van der Waals surface area contributed by atoms with E-state index in [9.17, 15) is 9.59 Å². The van der Waals surface area contributed by atoms with Crippen LogP contribution in [0.2, 0.25) is 0 Å². The number of aromatic nitrogens is 1. The highest BCUT2D eigenvalue weighted by molar-refractivity contribution is 6.06. The average molecular weight is 365 g/mol. The lowest BCUT2D eigenvalue weighted by Gasteiger charge is -2.35. The van der Waals surface area contributed by atoms with E-state index in [2.05, 4.69) is 17.2 Å². The normalized spacial score (nSPS) is 16.9. The molecule has 142 valence electrons. The number of aryl methyl sites for hydroxylation is 2. The van der Waals surface area contributed by atoms with Crippen molar-refractivity contribution in [3.8, 4) is 0 Å². The Bertz CT molecular complexity index is 847. The third-order valence-electron chi connectivity index (χ3n) is 5.24. The Labute approximate surface area is 160 Å². The Morgan fingerprint density at radius 3 is 2.78 bits per heavy atom. The van der Waals surface area contributed by atoms with Crippen LogP contribution in [0.5, 0.6) is 0 Å². The molecule has 1 aromatic carbocycles. The number of nitrogens with one attached hydrogen (secondary N) is 1. The Kier molecular flexibility index (Phi) is 5.89. The molecule has 0 spiro atoms. The van der Waals surface area contributed by atoms with Crippen molar-refractivity contribution < 1.29 is 9.59 Å². The minimum Gasteiger partial charge on any atom is -0.334 e. The second kappa shape index (κ2) is 8.33. The predicted octanol–water partition coefficient (Wildman–Crippen LogP) is 4.36. The fourth-order valence-electron chi connectivity index (χ4n) is 3.59. The largest absolute Gasteiger partial charge is 0.334 e. The fraction of sp³-hybridized carbons (Fsp3) is 0.409. The van der Waals surface area contributed by atoms with E-state index in [-0.39, 0.29) is 17.9 Å². The summed E-state index contributed by atoms with van der Waals surface area (Å²) in [7, 11) is 0. The van der Waals surface area contributed by atoms with Crippen molar-refractivity contribution in [1.82, 2.24) is 9.88 Å². The minimum absolute atomic E-state index is 0.0806. The van der Waals surface area contributed by atoms with Gasteiger partial charge in [0.15, 0.2) is 0 Å². The molecule has 1 aliphatic heterocycles. The summed E-state index contributed by atoms with van der Waals surface area (Å²) in [4.78, 5) is 31.8. The molecule has 0 bridgehead atoms. The molecule has 1 N–H and O–H groups in total. The van der Waals surface area contributed by atoms with Gasteiger partial charge in [-0.2, -0.15) is 0 Å². The van der Waals surface area contributed by atoms with Crippen molar-refractivity contribution in [3.05, 3.63) is 58.9 Å². The minimum atomic E-state index is -0.231. The van der Waals surface area contributed by atoms with Crippen LogP contribution in [-0.4, -0.2) is 34.3 Å². The summed E-state index contributed by atoms with van der Waals surface area (Å²) in [5.41, 5.74) is 3.64. The van der Waals surface area contributed by atoms with E-state index in [0.717, 1.165) is 49.0 Å². The molecule has 1 aliphatic rings. The molecule has 0 aliphatic carbocycles. The van der Waals surface area contributed by atoms with Crippen molar-refractivity contribution in [2.75, 3.05) is 11.9 Å². The van der Waals surface area contributed by atoms with Crippen LogP contribution in [0.4, 0.5) is 5.69 Å². The standard InChI is InChI=1S/C22H27N3O2/c1-4-18-7-5-6-12-25(18)22(27)20-14-17(10-11-23-20)21(26)24-19-13-15(2)8-9-16(19)3/h8-11,13-14,18H,4-7,12H2,1-3H3,(H,24,26). The lowest BCUT2D eigenvalue weighted by atomic mass is 9.99. The molecule has 2 heterocycles. The number of likely N-dealkylation sites (tertiary alicyclic amines) is 1. The second-order valence-corrected chi connectivity index (χ2v) is 7.26. The van der Waals surface area contributed by atoms with E-state index < -0.39 is 0 Å². The third-order valence-corrected chi connectivity index (χ3v) is 5.24. The van der Waals surface area contributed by atoms with Crippen molar-refractivity contribution >= 4 is 17.5 Å². The smallest absolute Gasteiger partial charge is 0.272 e. The molecule has 1 saturated heterocycles. The maximum Gasteiger partial charge on any atom is 0.272 e. The van der Waals surface area contributed by atoms with Gasteiger partial charge in [0, 0.05) is 30.0 Å². The highest BCUT2D eigenvalue weighted by Gasteiger charge is 2.27. The number of hydrogen-bond acceptors (Lipinski definition) is 3. The van der Waals surface area contributed by atoms with Crippen molar-refractivity contribution in [2.45, 2.75) is 52.5 Å². The number of carbonyl (C=O) groups excluding carboxylic acids is 2. The van der Waals surface area contributed by atoms with Gasteiger partial charge in [-0.1, -0.05) is 19.1 Å². The maximum absolute atomic E-state index is 12.9. The molecule has 1 atom stereocenters. The average Bonchev–Trinajstić information content (AvgIpc) is 2.70. The highest BCUT2D eigenvalue weighted by atomic mass is 16.2. The number of anilines is 1. The monoisotopic (exact) mass is 365 g/mol. The summed E-state index contributed by atoms with van der Waals surface area (Å²) in [6.45, 7) is 6.81. The van der Waals surface area contributed by atoms with E-state index in [4.69, 9.17) is 0 Å². The van der Waals surface area contributed by atoms with E-state index in [0.29, 0.717) is 11.3 Å². The van der Waals surface area contributed by atoms with Gasteiger partial charge < -0.3 is 10.2 Å². The summed E-state index contributed by atoms with van der Waals surface area (Å²) in [5, 5.41) is 2.94. The third kappa shape index (κ3) is 4.35. The summed E-state index contributed by atoms with van der Waals surface area (Å²) < 4.78 is 0. The Hall–Kier alpha value is -2.69. The van der Waals surface area contributed by atoms with Gasteiger partial charge in [0.05, 0.1) is 0 Å². The van der Waals surface area contributed by atoms with Crippen LogP contribution >= 0.6 is 0 Å². The van der Waals surface area contributed by atoms with Gasteiger partial charge in [-0.05, 0) is 68.9 Å². The SMILES string of the molecule is CCC1CCCCN1C(=O)c1cc(C(=O)Nc2cc(C)ccc2C)ccn1. The van der Waals surface area contributed by atoms with Crippen molar-refractivity contribution in [1.29, 1.82) is 0 Å². The van der Waals surface area contributed by atoms with Crippen LogP contribution < -0.4 is 5.32 Å². The number of benzene rings is 1. The molecule has 1 fully saturated rings. The Morgan fingerprint density at radius 1 is 1.19 bits per heavy atom. The fourth-order valence-corrected chi connectivity index (χ4v) is 3.59. The highest BCUT2D eigenvalue weighted by Crippen LogP contribution is 2.22. The number of piperidine rings is 1. The van der Waals surface area contributed by atoms with Gasteiger partial charge >= 0.3 is 0 Å². The van der Waals surface area contributed by atoms with Crippen LogP contribution in [0, 0.1) is 13.8 Å². The van der Waals surface area contributed by atoms with Gasteiger partial charge in [-0.25, -0.2) is 0 Å². The van der Waals surface area contributed by atoms with Gasteiger partial charge in [0.25, 0.3) is 11.8 Å². The molecule has 1 aromatic heterocycles. The molecule has 5 nitrogen and oxygen atoms in total. The van der Waals surface area contributed by atoms with Crippen molar-refractivity contribution in [3.63, 3.8) is 0 Å². The zero-order valence-electron chi connectivity index (χ0n) is 16.3. The zero-order valence-corrected chi connectivity index (χ0v) is 16.3. The van der Waals surface area contributed by atoms with E-state index in [1.807, 2.05) is 36.9 Å². The topological polar surface area (TPSA) is 62.3 Å². The van der Waals surface area contributed by atoms with E-state index in [1.54, 1.807) is 12.1 Å². The number of hydrogen-bond donors (Lipinski definition) is 1. The molecule has 1 unspecified atom stereocenters. The second-order valence-electron chi connectivity index (χ2n) is 7.26. The first kappa shape index (κ1) is 19.1. The summed E-state index contributed by atoms with van der Waals surface area (Å²) in [5.74, 6) is -0.311. The van der Waals surface area contributed by atoms with E-state index in [1.165, 1.54) is 6.20 Å². The van der Waals surface area contributed by atoms with Crippen LogP contribution in [0.3, 0.4) is 0 Å². The lowest BCUT2D eigenvalue weighted by Crippen LogP contribution is -2.43. The van der Waals surface area contributed by atoms with E-state index >= 15 is 0 Å².